The van der Waals surface area contributed by atoms with Gasteiger partial charge in [0.1, 0.15) is 17.7 Å². The fraction of sp³-hybridized carbons (Fsp3) is 0.617. The number of alkyl carbamates (subject to hydrolysis) is 1. The first-order valence-electron chi connectivity index (χ1n) is 22.6. The van der Waals surface area contributed by atoms with Crippen LogP contribution in [0.1, 0.15) is 92.2 Å². The molecule has 1 aliphatic heterocycles. The van der Waals surface area contributed by atoms with Crippen LogP contribution in [-0.2, 0) is 60.4 Å². The highest BCUT2D eigenvalue weighted by Crippen LogP contribution is 2.30. The number of amides is 6. The number of sulfonamides is 1. The molecule has 0 aromatic heterocycles. The monoisotopic (exact) mass is 982 g/mol. The van der Waals surface area contributed by atoms with Gasteiger partial charge < -0.3 is 40.0 Å². The van der Waals surface area contributed by atoms with Crippen molar-refractivity contribution in [1.29, 1.82) is 0 Å². The summed E-state index contributed by atoms with van der Waals surface area (Å²) in [6, 6.07) is 9.55. The van der Waals surface area contributed by atoms with Crippen LogP contribution in [0, 0.1) is 17.8 Å². The normalized spacial score (nSPS) is 17.5. The van der Waals surface area contributed by atoms with Gasteiger partial charge in [-0.3, -0.25) is 28.7 Å². The fourth-order valence-electron chi connectivity index (χ4n) is 8.20. The first-order valence-corrected chi connectivity index (χ1v) is 24.2. The number of methoxy groups -OCH3 is 2. The number of carbonyl (C=O) groups excluding carboxylic acids is 6. The fourth-order valence-corrected chi connectivity index (χ4v) is 9.35. The third-order valence-corrected chi connectivity index (χ3v) is 13.1. The maximum absolute atomic E-state index is 14.3. The van der Waals surface area contributed by atoms with Crippen molar-refractivity contribution in [2.24, 2.45) is 17.8 Å². The van der Waals surface area contributed by atoms with Crippen molar-refractivity contribution < 1.29 is 64.6 Å². The van der Waals surface area contributed by atoms with Crippen LogP contribution < -0.4 is 20.7 Å². The van der Waals surface area contributed by atoms with E-state index in [1.807, 2.05) is 18.6 Å². The van der Waals surface area contributed by atoms with Crippen LogP contribution in [0.25, 0.3) is 0 Å². The number of ether oxygens (including phenoxy) is 3. The zero-order chi connectivity index (χ0) is 51.3. The summed E-state index contributed by atoms with van der Waals surface area (Å²) in [7, 11) is 0.0593. The van der Waals surface area contributed by atoms with Gasteiger partial charge in [0.25, 0.3) is 5.91 Å². The summed E-state index contributed by atoms with van der Waals surface area (Å²) in [5.74, 6) is -6.79. The number of benzene rings is 2. The molecule has 1 saturated heterocycles. The molecule has 0 radical (unpaired) electrons. The highest BCUT2D eigenvalue weighted by atomic mass is 32.2. The van der Waals surface area contributed by atoms with Gasteiger partial charge in [-0.25, -0.2) is 13.2 Å². The minimum absolute atomic E-state index is 0.0891. The van der Waals surface area contributed by atoms with E-state index >= 15 is 0 Å². The van der Waals surface area contributed by atoms with Gasteiger partial charge in [0, 0.05) is 39.9 Å². The molecule has 0 saturated carbocycles. The Bertz CT molecular complexity index is 2140. The lowest BCUT2D eigenvalue weighted by Gasteiger charge is -2.40. The van der Waals surface area contributed by atoms with Gasteiger partial charge in [0.15, 0.2) is 0 Å². The second-order valence-electron chi connectivity index (χ2n) is 18.6. The third kappa shape index (κ3) is 16.7. The number of carbonyl (C=O) groups is 6. The van der Waals surface area contributed by atoms with Crippen molar-refractivity contribution >= 4 is 51.3 Å². The van der Waals surface area contributed by atoms with E-state index in [0.29, 0.717) is 31.4 Å². The van der Waals surface area contributed by atoms with Crippen LogP contribution in [0.4, 0.5) is 23.7 Å². The van der Waals surface area contributed by atoms with Gasteiger partial charge >= 0.3 is 18.2 Å². The largest absolute Gasteiger partial charge is 0.471 e. The molecule has 68 heavy (non-hydrogen) atoms. The van der Waals surface area contributed by atoms with E-state index in [9.17, 15) is 50.4 Å². The summed E-state index contributed by atoms with van der Waals surface area (Å²) in [4.78, 5) is 83.5. The molecule has 0 spiro atoms. The Morgan fingerprint density at radius 2 is 1.49 bits per heavy atom. The van der Waals surface area contributed by atoms with Crippen LogP contribution in [-0.4, -0.2) is 130 Å². The van der Waals surface area contributed by atoms with Crippen molar-refractivity contribution in [2.75, 3.05) is 33.1 Å². The van der Waals surface area contributed by atoms with Crippen LogP contribution in [0.2, 0.25) is 0 Å². The lowest BCUT2D eigenvalue weighted by molar-refractivity contribution is -0.167. The molecule has 17 nitrogen and oxygen atoms in total. The van der Waals surface area contributed by atoms with E-state index in [4.69, 9.17) is 14.2 Å². The Kier molecular flexibility index (Phi) is 20.8. The smallest absolute Gasteiger partial charge is 0.444 e. The van der Waals surface area contributed by atoms with E-state index in [1.165, 1.54) is 31.3 Å². The van der Waals surface area contributed by atoms with Crippen LogP contribution in [0.15, 0.2) is 54.6 Å². The van der Waals surface area contributed by atoms with Crippen molar-refractivity contribution in [3.05, 3.63) is 65.7 Å². The summed E-state index contributed by atoms with van der Waals surface area (Å²) >= 11 is 0. The molecule has 8 unspecified atom stereocenters. The van der Waals surface area contributed by atoms with Crippen molar-refractivity contribution in [2.45, 2.75) is 141 Å². The molecule has 6 amide bonds. The maximum atomic E-state index is 14.3. The van der Waals surface area contributed by atoms with E-state index in [2.05, 4.69) is 10.6 Å². The van der Waals surface area contributed by atoms with E-state index in [-0.39, 0.29) is 47.7 Å². The highest BCUT2D eigenvalue weighted by Gasteiger charge is 2.44. The molecular weight excluding hydrogens is 914 g/mol. The van der Waals surface area contributed by atoms with E-state index in [1.54, 1.807) is 89.1 Å². The highest BCUT2D eigenvalue weighted by molar-refractivity contribution is 7.89. The molecule has 1 heterocycles. The van der Waals surface area contributed by atoms with Crippen LogP contribution in [0.3, 0.4) is 0 Å². The molecular formula is C47H69F3N6O11S. The second kappa shape index (κ2) is 24.8. The summed E-state index contributed by atoms with van der Waals surface area (Å²) in [5, 5.41) is 7.06. The minimum Gasteiger partial charge on any atom is -0.444 e. The molecule has 3 rings (SSSR count). The number of hydrogen-bond acceptors (Lipinski definition) is 11. The van der Waals surface area contributed by atoms with E-state index in [0.717, 1.165) is 12.1 Å². The summed E-state index contributed by atoms with van der Waals surface area (Å²) in [5.41, 5.74) is -0.328. The Morgan fingerprint density at radius 1 is 0.868 bits per heavy atom. The first kappa shape index (κ1) is 57.0. The Hall–Kier alpha value is -5.28. The molecule has 2 aromatic carbocycles. The quantitative estimate of drug-likeness (QED) is 0.118. The SMILES string of the molecule is CCC(C)C(C(CC(=O)N1CCCC1C(OC)C(C)C(=O)NC(Cc1ccccc1)C(=O)NS(=O)(=O)Cc1ccc(NC(=O)C(F)(F)F)cc1)OC)N(C)C(=O)C(NC(=O)OC(C)(C)C)C(C)C. The summed E-state index contributed by atoms with van der Waals surface area (Å²) in [6.07, 6.45) is -6.07. The van der Waals surface area contributed by atoms with Gasteiger partial charge in [-0.2, -0.15) is 13.2 Å². The molecule has 4 N–H and O–H groups in total. The number of rotatable bonds is 22. The average Bonchev–Trinajstić information content (AvgIpc) is 3.74. The molecule has 0 bridgehead atoms. The molecule has 21 heteroatoms. The number of alkyl halides is 3. The van der Waals surface area contributed by atoms with Gasteiger partial charge in [-0.1, -0.05) is 83.5 Å². The zero-order valence-corrected chi connectivity index (χ0v) is 41.6. The van der Waals surface area contributed by atoms with Gasteiger partial charge in [-0.05, 0) is 68.7 Å². The number of hydrogen-bond donors (Lipinski definition) is 4. The predicted octanol–water partition coefficient (Wildman–Crippen LogP) is 5.33. The Morgan fingerprint density at radius 3 is 2.01 bits per heavy atom. The average molecular weight is 983 g/mol. The number of likely N-dealkylation sites (tertiary alicyclic amines) is 1. The second-order valence-corrected chi connectivity index (χ2v) is 20.3. The number of anilines is 1. The lowest BCUT2D eigenvalue weighted by Crippen LogP contribution is -2.58. The molecule has 0 aliphatic carbocycles. The molecule has 1 aliphatic rings. The maximum Gasteiger partial charge on any atom is 0.471 e. The number of likely N-dealkylation sites (N-methyl/N-ethyl adjacent to an activating group) is 1. The number of halogens is 3. The number of nitrogens with zero attached hydrogens (tertiary/aromatic N) is 2. The van der Waals surface area contributed by atoms with Crippen molar-refractivity contribution in [3.8, 4) is 0 Å². The Balaban J connectivity index is 1.80. The van der Waals surface area contributed by atoms with Crippen LogP contribution in [0.5, 0.6) is 0 Å². The predicted molar refractivity (Wildman–Crippen MR) is 248 cm³/mol. The zero-order valence-electron chi connectivity index (χ0n) is 40.8. The van der Waals surface area contributed by atoms with Crippen LogP contribution >= 0.6 is 0 Å². The van der Waals surface area contributed by atoms with Gasteiger partial charge in [-0.15, -0.1) is 0 Å². The molecule has 8 atom stereocenters. The molecule has 2 aromatic rings. The number of nitrogens with one attached hydrogen (secondary N) is 4. The topological polar surface area (TPSA) is 219 Å². The summed E-state index contributed by atoms with van der Waals surface area (Å²) in [6.45, 7) is 14.6. The van der Waals surface area contributed by atoms with Gasteiger partial charge in [0.2, 0.25) is 27.7 Å². The van der Waals surface area contributed by atoms with Crippen molar-refractivity contribution in [1.82, 2.24) is 25.2 Å². The minimum atomic E-state index is -5.13. The third-order valence-electron chi connectivity index (χ3n) is 11.9. The molecule has 380 valence electrons. The van der Waals surface area contributed by atoms with Crippen molar-refractivity contribution in [3.63, 3.8) is 0 Å². The Labute approximate surface area is 398 Å². The summed E-state index contributed by atoms with van der Waals surface area (Å²) < 4.78 is 83.8. The lowest BCUT2D eigenvalue weighted by atomic mass is 9.89. The molecule has 1 fully saturated rings. The first-order chi connectivity index (χ1) is 31.6. The standard InChI is InChI=1S/C47H69F3N6O11S/c1-12-29(4)39(55(9)43(60)38(28(2)3)53-45(62)67-46(6,7)8)36(65-10)26-37(57)56-24-16-19-35(56)40(66-11)30(5)41(58)52-34(25-31-17-14-13-15-18-31)42(59)54-68(63,64)27-32-20-22-33(23-21-32)51-44(61)47(48,49)50/h13-15,17-18,20-23,28-30,34-36,38-40H,12,16,19,24-27H2,1-11H3,(H,51,61)(H,52,58)(H,53,62)(H,54,59). The van der Waals surface area contributed by atoms with E-state index < -0.39 is 93.7 Å². The van der Waals surface area contributed by atoms with Gasteiger partial charge in [0.05, 0.1) is 42.4 Å².